The zero-order valence-corrected chi connectivity index (χ0v) is 13.8. The number of carbonyl (C=O) groups excluding carboxylic acids is 4. The molecule has 0 bridgehead atoms. The Morgan fingerprint density at radius 2 is 0.917 bits per heavy atom. The van der Waals surface area contributed by atoms with Gasteiger partial charge < -0.3 is 21.3 Å². The number of carbonyl (C=O) groups is 4. The SMILES string of the molecule is CC(=O)NCCNC(=O)c1ccc(C(=O)NCCNC(C)=O)cc1. The van der Waals surface area contributed by atoms with Crippen molar-refractivity contribution in [1.82, 2.24) is 21.3 Å². The van der Waals surface area contributed by atoms with Crippen molar-refractivity contribution in [2.24, 2.45) is 0 Å². The van der Waals surface area contributed by atoms with E-state index in [9.17, 15) is 19.2 Å². The van der Waals surface area contributed by atoms with Crippen molar-refractivity contribution in [3.63, 3.8) is 0 Å². The maximum atomic E-state index is 11.9. The fraction of sp³-hybridized carbons (Fsp3) is 0.375. The molecule has 4 amide bonds. The molecule has 130 valence electrons. The van der Waals surface area contributed by atoms with Crippen molar-refractivity contribution in [3.8, 4) is 0 Å². The van der Waals surface area contributed by atoms with Gasteiger partial charge in [0.25, 0.3) is 11.8 Å². The van der Waals surface area contributed by atoms with Crippen LogP contribution in [0.3, 0.4) is 0 Å². The van der Waals surface area contributed by atoms with Crippen LogP contribution in [0.2, 0.25) is 0 Å². The third-order valence-corrected chi connectivity index (χ3v) is 2.98. The number of hydrogen-bond acceptors (Lipinski definition) is 4. The highest BCUT2D eigenvalue weighted by molar-refractivity contribution is 5.97. The van der Waals surface area contributed by atoms with E-state index in [1.54, 1.807) is 24.3 Å². The summed E-state index contributed by atoms with van der Waals surface area (Å²) in [6.45, 7) is 4.17. The van der Waals surface area contributed by atoms with Crippen LogP contribution in [-0.2, 0) is 9.59 Å². The van der Waals surface area contributed by atoms with E-state index in [-0.39, 0.29) is 23.6 Å². The van der Waals surface area contributed by atoms with Gasteiger partial charge in [0.15, 0.2) is 0 Å². The summed E-state index contributed by atoms with van der Waals surface area (Å²) in [5, 5.41) is 10.5. The largest absolute Gasteiger partial charge is 0.355 e. The summed E-state index contributed by atoms with van der Waals surface area (Å²) in [6.07, 6.45) is 0. The molecule has 8 heteroatoms. The lowest BCUT2D eigenvalue weighted by molar-refractivity contribution is -0.119. The molecule has 1 rings (SSSR count). The summed E-state index contributed by atoms with van der Waals surface area (Å²) in [6, 6.07) is 6.21. The molecular formula is C16H22N4O4. The van der Waals surface area contributed by atoms with Crippen LogP contribution in [0.1, 0.15) is 34.6 Å². The average molecular weight is 334 g/mol. The molecule has 0 fully saturated rings. The summed E-state index contributed by atoms with van der Waals surface area (Å²) in [4.78, 5) is 45.2. The van der Waals surface area contributed by atoms with E-state index >= 15 is 0 Å². The molecule has 0 spiro atoms. The first-order valence-electron chi connectivity index (χ1n) is 7.55. The van der Waals surface area contributed by atoms with Gasteiger partial charge in [-0.2, -0.15) is 0 Å². The summed E-state index contributed by atoms with van der Waals surface area (Å²) in [7, 11) is 0. The lowest BCUT2D eigenvalue weighted by atomic mass is 10.1. The predicted molar refractivity (Wildman–Crippen MR) is 88.5 cm³/mol. The van der Waals surface area contributed by atoms with Gasteiger partial charge in [-0.1, -0.05) is 0 Å². The molecule has 1 aromatic carbocycles. The van der Waals surface area contributed by atoms with Crippen molar-refractivity contribution >= 4 is 23.6 Å². The lowest BCUT2D eigenvalue weighted by Crippen LogP contribution is -2.34. The van der Waals surface area contributed by atoms with Crippen molar-refractivity contribution in [1.29, 1.82) is 0 Å². The van der Waals surface area contributed by atoms with Crippen LogP contribution in [0, 0.1) is 0 Å². The summed E-state index contributed by atoms with van der Waals surface area (Å²) < 4.78 is 0. The molecule has 4 N–H and O–H groups in total. The lowest BCUT2D eigenvalue weighted by Gasteiger charge is -2.08. The van der Waals surface area contributed by atoms with Crippen molar-refractivity contribution in [2.45, 2.75) is 13.8 Å². The first kappa shape index (κ1) is 19.1. The maximum Gasteiger partial charge on any atom is 0.251 e. The highest BCUT2D eigenvalue weighted by Gasteiger charge is 2.08. The van der Waals surface area contributed by atoms with Gasteiger partial charge in [0.05, 0.1) is 0 Å². The number of rotatable bonds is 8. The Labute approximate surface area is 140 Å². The summed E-state index contributed by atoms with van der Waals surface area (Å²) >= 11 is 0. The molecule has 1 aromatic rings. The predicted octanol–water partition coefficient (Wildman–Crippen LogP) is -0.582. The third-order valence-electron chi connectivity index (χ3n) is 2.98. The molecular weight excluding hydrogens is 312 g/mol. The number of amides is 4. The van der Waals surface area contributed by atoms with E-state index in [4.69, 9.17) is 0 Å². The molecule has 0 saturated heterocycles. The topological polar surface area (TPSA) is 116 Å². The van der Waals surface area contributed by atoms with Gasteiger partial charge in [-0.15, -0.1) is 0 Å². The standard InChI is InChI=1S/C16H22N4O4/c1-11(21)17-7-9-19-15(23)13-3-5-14(6-4-13)16(24)20-10-8-18-12(2)22/h3-6H,7-10H2,1-2H3,(H,17,21)(H,18,22)(H,19,23)(H,20,24). The quantitative estimate of drug-likeness (QED) is 0.476. The Morgan fingerprint density at radius 3 is 1.21 bits per heavy atom. The molecule has 0 radical (unpaired) electrons. The molecule has 0 aromatic heterocycles. The molecule has 0 aliphatic rings. The summed E-state index contributed by atoms with van der Waals surface area (Å²) in [5.41, 5.74) is 0.847. The Hall–Kier alpha value is -2.90. The second kappa shape index (κ2) is 9.98. The minimum absolute atomic E-state index is 0.155. The minimum atomic E-state index is -0.280. The Kier molecular flexibility index (Phi) is 7.97. The van der Waals surface area contributed by atoms with Crippen LogP contribution in [-0.4, -0.2) is 49.8 Å². The van der Waals surface area contributed by atoms with Crippen LogP contribution in [0.4, 0.5) is 0 Å². The number of nitrogens with one attached hydrogen (secondary N) is 4. The third kappa shape index (κ3) is 7.39. The second-order valence-electron chi connectivity index (χ2n) is 5.06. The van der Waals surface area contributed by atoms with Gasteiger partial charge in [0, 0.05) is 51.2 Å². The second-order valence-corrected chi connectivity index (χ2v) is 5.06. The van der Waals surface area contributed by atoms with Gasteiger partial charge in [-0.3, -0.25) is 19.2 Å². The van der Waals surface area contributed by atoms with Gasteiger partial charge in [0.1, 0.15) is 0 Å². The zero-order chi connectivity index (χ0) is 17.9. The minimum Gasteiger partial charge on any atom is -0.355 e. The van der Waals surface area contributed by atoms with Crippen LogP contribution >= 0.6 is 0 Å². The average Bonchev–Trinajstić information content (AvgIpc) is 2.55. The first-order valence-corrected chi connectivity index (χ1v) is 7.55. The fourth-order valence-corrected chi connectivity index (χ4v) is 1.81. The Morgan fingerprint density at radius 1 is 0.625 bits per heavy atom. The van der Waals surface area contributed by atoms with E-state index < -0.39 is 0 Å². The zero-order valence-electron chi connectivity index (χ0n) is 13.8. The molecule has 24 heavy (non-hydrogen) atoms. The van der Waals surface area contributed by atoms with Crippen molar-refractivity contribution in [2.75, 3.05) is 26.2 Å². The van der Waals surface area contributed by atoms with Crippen LogP contribution in [0.5, 0.6) is 0 Å². The highest BCUT2D eigenvalue weighted by Crippen LogP contribution is 2.04. The fourth-order valence-electron chi connectivity index (χ4n) is 1.81. The van der Waals surface area contributed by atoms with E-state index in [0.717, 1.165) is 0 Å². The first-order chi connectivity index (χ1) is 11.4. The molecule has 0 heterocycles. The molecule has 0 saturated carbocycles. The maximum absolute atomic E-state index is 11.9. The van der Waals surface area contributed by atoms with Crippen LogP contribution in [0.15, 0.2) is 24.3 Å². The Balaban J connectivity index is 2.41. The van der Waals surface area contributed by atoms with Gasteiger partial charge in [-0.25, -0.2) is 0 Å². The monoisotopic (exact) mass is 334 g/mol. The molecule has 0 aliphatic heterocycles. The van der Waals surface area contributed by atoms with Crippen molar-refractivity contribution < 1.29 is 19.2 Å². The van der Waals surface area contributed by atoms with Gasteiger partial charge in [0.2, 0.25) is 11.8 Å². The van der Waals surface area contributed by atoms with Crippen LogP contribution in [0.25, 0.3) is 0 Å². The number of hydrogen-bond donors (Lipinski definition) is 4. The summed E-state index contributed by atoms with van der Waals surface area (Å²) in [5.74, 6) is -0.868. The molecule has 0 unspecified atom stereocenters. The van der Waals surface area contributed by atoms with Crippen LogP contribution < -0.4 is 21.3 Å². The van der Waals surface area contributed by atoms with Crippen molar-refractivity contribution in [3.05, 3.63) is 35.4 Å². The molecule has 8 nitrogen and oxygen atoms in total. The van der Waals surface area contributed by atoms with E-state index in [1.807, 2.05) is 0 Å². The van der Waals surface area contributed by atoms with E-state index in [2.05, 4.69) is 21.3 Å². The number of benzene rings is 1. The van der Waals surface area contributed by atoms with E-state index in [1.165, 1.54) is 13.8 Å². The molecule has 0 atom stereocenters. The highest BCUT2D eigenvalue weighted by atomic mass is 16.2. The van der Waals surface area contributed by atoms with Gasteiger partial charge >= 0.3 is 0 Å². The van der Waals surface area contributed by atoms with E-state index in [0.29, 0.717) is 37.3 Å². The molecule has 0 aliphatic carbocycles. The smallest absolute Gasteiger partial charge is 0.251 e. The van der Waals surface area contributed by atoms with Gasteiger partial charge in [-0.05, 0) is 24.3 Å². The Bertz CT molecular complexity index is 546. The normalized spacial score (nSPS) is 9.75.